The van der Waals surface area contributed by atoms with Crippen LogP contribution in [0.25, 0.3) is 11.1 Å². The molecule has 1 N–H and O–H groups in total. The number of morpholine rings is 1. The second kappa shape index (κ2) is 15.9. The molecule has 0 bridgehead atoms. The predicted molar refractivity (Wildman–Crippen MR) is 180 cm³/mol. The molecule has 0 spiro atoms. The number of hydrogen-bond donors (Lipinski definition) is 1. The molecular weight excluding hydrogens is 640 g/mol. The van der Waals surface area contributed by atoms with Crippen LogP contribution in [0, 0.1) is 11.3 Å². The highest BCUT2D eigenvalue weighted by molar-refractivity contribution is 5.67. The molecule has 50 heavy (non-hydrogen) atoms. The maximum atomic E-state index is 9.68. The van der Waals surface area contributed by atoms with Gasteiger partial charge in [-0.15, -0.1) is 10.2 Å². The fraction of sp³-hybridized carbons (Fsp3) is 0.471. The number of aromatic nitrogens is 9. The second-order valence-corrected chi connectivity index (χ2v) is 12.5. The van der Waals surface area contributed by atoms with Gasteiger partial charge in [-0.2, -0.15) is 5.26 Å². The first-order chi connectivity index (χ1) is 24.6. The van der Waals surface area contributed by atoms with Crippen molar-refractivity contribution < 1.29 is 18.6 Å². The van der Waals surface area contributed by atoms with Gasteiger partial charge in [-0.05, 0) is 67.2 Å². The van der Waals surface area contributed by atoms with E-state index in [1.807, 2.05) is 29.9 Å². The van der Waals surface area contributed by atoms with Gasteiger partial charge in [-0.25, -0.2) is 19.6 Å². The number of nitriles is 1. The Morgan fingerprint density at radius 2 is 1.88 bits per heavy atom. The molecule has 5 aromatic rings. The summed E-state index contributed by atoms with van der Waals surface area (Å²) in [4.78, 5) is 16.0. The largest absolute Gasteiger partial charge is 0.487 e. The average molecular weight is 681 g/mol. The Morgan fingerprint density at radius 1 is 1.06 bits per heavy atom. The van der Waals surface area contributed by atoms with Crippen LogP contribution in [-0.4, -0.2) is 94.9 Å². The van der Waals surface area contributed by atoms with E-state index in [1.165, 1.54) is 6.33 Å². The van der Waals surface area contributed by atoms with E-state index in [-0.39, 0.29) is 12.1 Å². The molecule has 2 fully saturated rings. The van der Waals surface area contributed by atoms with Gasteiger partial charge in [0.2, 0.25) is 5.95 Å². The monoisotopic (exact) mass is 680 g/mol. The fourth-order valence-electron chi connectivity index (χ4n) is 6.49. The highest BCUT2D eigenvalue weighted by Gasteiger charge is 2.29. The Kier molecular flexibility index (Phi) is 10.5. The molecule has 1 aromatic carbocycles. The van der Waals surface area contributed by atoms with Crippen molar-refractivity contribution >= 4 is 11.6 Å². The lowest BCUT2D eigenvalue weighted by molar-refractivity contribution is 0.00503. The lowest BCUT2D eigenvalue weighted by Crippen LogP contribution is -2.45. The third-order valence-electron chi connectivity index (χ3n) is 9.06. The number of rotatable bonds is 14. The number of benzene rings is 1. The number of ether oxygens (including phenoxy) is 3. The minimum absolute atomic E-state index is 0.275. The van der Waals surface area contributed by atoms with Crippen LogP contribution in [0.15, 0.2) is 60.0 Å². The highest BCUT2D eigenvalue weighted by atomic mass is 16.5. The molecule has 1 aliphatic carbocycles. The van der Waals surface area contributed by atoms with Crippen LogP contribution >= 0.6 is 0 Å². The van der Waals surface area contributed by atoms with Gasteiger partial charge >= 0.3 is 0 Å². The summed E-state index contributed by atoms with van der Waals surface area (Å²) in [5.74, 6) is 2.06. The first-order valence-corrected chi connectivity index (χ1v) is 17.0. The Bertz CT molecular complexity index is 1820. The van der Waals surface area contributed by atoms with E-state index < -0.39 is 0 Å². The Labute approximate surface area is 289 Å². The maximum absolute atomic E-state index is 9.68. The standard InChI is InChI=1S/C34H40N12O4/c1-24(21-45-23-39-42-43-45)50-31-17-25(4-5-26(31)18-35)27-19-37-34(38-20-27)40-30-22-46(41-33(30)49-13-2-3-32-36-10-14-48-32)29-8-6-28(7-9-29)44-11-15-47-16-12-44/h4-5,10,14,17,19-20,22-24,28-29H,2-3,6-9,11-13,15-16,21H2,1H3,(H,37,38,40)/t24-,28-,29-/m0/s1. The number of nitrogens with one attached hydrogen (secondary N) is 1. The molecule has 0 unspecified atom stereocenters. The molecule has 16 nitrogen and oxygen atoms in total. The van der Waals surface area contributed by atoms with E-state index in [4.69, 9.17) is 23.7 Å². The van der Waals surface area contributed by atoms with Gasteiger partial charge in [0, 0.05) is 43.5 Å². The Balaban J connectivity index is 1.03. The van der Waals surface area contributed by atoms with E-state index in [2.05, 4.69) is 46.8 Å². The average Bonchev–Trinajstić information content (AvgIpc) is 3.95. The zero-order valence-electron chi connectivity index (χ0n) is 28.0. The van der Waals surface area contributed by atoms with E-state index >= 15 is 0 Å². The summed E-state index contributed by atoms with van der Waals surface area (Å²) < 4.78 is 26.8. The molecule has 1 saturated heterocycles. The summed E-state index contributed by atoms with van der Waals surface area (Å²) in [5, 5.41) is 29.1. The van der Waals surface area contributed by atoms with Gasteiger partial charge in [0.05, 0.1) is 50.4 Å². The van der Waals surface area contributed by atoms with Crippen LogP contribution in [0.4, 0.5) is 11.6 Å². The quantitative estimate of drug-likeness (QED) is 0.165. The number of oxazole rings is 1. The van der Waals surface area contributed by atoms with Crippen molar-refractivity contribution in [3.05, 3.63) is 67.0 Å². The topological polar surface area (TPSA) is 180 Å². The van der Waals surface area contributed by atoms with Crippen LogP contribution in [0.2, 0.25) is 0 Å². The zero-order valence-corrected chi connectivity index (χ0v) is 28.0. The van der Waals surface area contributed by atoms with E-state index in [0.29, 0.717) is 60.3 Å². The molecule has 7 rings (SSSR count). The normalized spacial score (nSPS) is 18.7. The van der Waals surface area contributed by atoms with E-state index in [1.54, 1.807) is 35.6 Å². The number of aryl methyl sites for hydroxylation is 1. The number of tetrazole rings is 1. The van der Waals surface area contributed by atoms with Gasteiger partial charge in [-0.1, -0.05) is 6.07 Å². The van der Waals surface area contributed by atoms with Crippen molar-refractivity contribution in [2.75, 3.05) is 38.2 Å². The van der Waals surface area contributed by atoms with Crippen LogP contribution in [-0.2, 0) is 17.7 Å². The molecule has 0 amide bonds. The van der Waals surface area contributed by atoms with Crippen molar-refractivity contribution in [2.24, 2.45) is 0 Å². The highest BCUT2D eigenvalue weighted by Crippen LogP contribution is 2.35. The molecule has 1 aliphatic heterocycles. The zero-order chi connectivity index (χ0) is 34.1. The number of nitrogens with zero attached hydrogens (tertiary/aromatic N) is 11. The molecule has 2 aliphatic rings. The molecule has 260 valence electrons. The van der Waals surface area contributed by atoms with Crippen molar-refractivity contribution in [1.29, 1.82) is 5.26 Å². The smallest absolute Gasteiger partial charge is 0.256 e. The predicted octanol–water partition coefficient (Wildman–Crippen LogP) is 4.22. The van der Waals surface area contributed by atoms with Crippen LogP contribution in [0.5, 0.6) is 11.6 Å². The van der Waals surface area contributed by atoms with Gasteiger partial charge < -0.3 is 23.9 Å². The molecule has 16 heteroatoms. The maximum Gasteiger partial charge on any atom is 0.256 e. The first kappa shape index (κ1) is 33.1. The van der Waals surface area contributed by atoms with Crippen LogP contribution < -0.4 is 14.8 Å². The third-order valence-corrected chi connectivity index (χ3v) is 9.06. The van der Waals surface area contributed by atoms with Gasteiger partial charge in [-0.3, -0.25) is 9.58 Å². The van der Waals surface area contributed by atoms with E-state index in [0.717, 1.165) is 69.5 Å². The Hall–Kier alpha value is -5.40. The van der Waals surface area contributed by atoms with Crippen molar-refractivity contribution in [2.45, 2.75) is 70.2 Å². The molecule has 5 heterocycles. The lowest BCUT2D eigenvalue weighted by Gasteiger charge is -2.38. The van der Waals surface area contributed by atoms with Gasteiger partial charge in [0.15, 0.2) is 5.89 Å². The summed E-state index contributed by atoms with van der Waals surface area (Å²) in [6.45, 7) is 6.45. The number of anilines is 2. The first-order valence-electron chi connectivity index (χ1n) is 17.0. The molecule has 0 radical (unpaired) electrons. The second-order valence-electron chi connectivity index (χ2n) is 12.5. The SMILES string of the molecule is C[C@@H](Cn1cnnn1)Oc1cc(-c2cnc(Nc3cn([C@H]4CC[C@H](N5CCOCC5)CC4)nc3OCCCc3ncco3)nc2)ccc1C#N. The van der Waals surface area contributed by atoms with Crippen molar-refractivity contribution in [3.63, 3.8) is 0 Å². The molecule has 1 atom stereocenters. The minimum atomic E-state index is -0.275. The summed E-state index contributed by atoms with van der Waals surface area (Å²) in [6, 6.07) is 8.49. The van der Waals surface area contributed by atoms with E-state index in [9.17, 15) is 5.26 Å². The summed E-state index contributed by atoms with van der Waals surface area (Å²) in [7, 11) is 0. The lowest BCUT2D eigenvalue weighted by atomic mass is 9.90. The fourth-order valence-corrected chi connectivity index (χ4v) is 6.49. The van der Waals surface area contributed by atoms with Crippen molar-refractivity contribution in [1.82, 2.24) is 49.8 Å². The van der Waals surface area contributed by atoms with Crippen molar-refractivity contribution in [3.8, 4) is 28.8 Å². The molecular formula is C34H40N12O4. The minimum Gasteiger partial charge on any atom is -0.487 e. The molecule has 1 saturated carbocycles. The summed E-state index contributed by atoms with van der Waals surface area (Å²) in [5.41, 5.74) is 2.72. The molecule has 4 aromatic heterocycles. The summed E-state index contributed by atoms with van der Waals surface area (Å²) >= 11 is 0. The van der Waals surface area contributed by atoms with Crippen LogP contribution in [0.3, 0.4) is 0 Å². The third kappa shape index (κ3) is 8.24. The summed E-state index contributed by atoms with van der Waals surface area (Å²) in [6.07, 6.45) is 15.7. The number of hydrogen-bond acceptors (Lipinski definition) is 14. The van der Waals surface area contributed by atoms with Gasteiger partial charge in [0.1, 0.15) is 36.2 Å². The Morgan fingerprint density at radius 3 is 2.62 bits per heavy atom. The van der Waals surface area contributed by atoms with Gasteiger partial charge in [0.25, 0.3) is 5.88 Å². The van der Waals surface area contributed by atoms with Crippen LogP contribution in [0.1, 0.15) is 56.5 Å².